The van der Waals surface area contributed by atoms with Crippen molar-refractivity contribution in [1.29, 1.82) is 0 Å². The Kier molecular flexibility index (Phi) is 5.52. The number of carbonyl (C=O) groups excluding carboxylic acids is 1. The Bertz CT molecular complexity index is 340. The van der Waals surface area contributed by atoms with Crippen molar-refractivity contribution in [2.75, 3.05) is 11.1 Å². The number of unbranched alkanes of at least 4 members (excludes halogenated alkanes) is 4. The van der Waals surface area contributed by atoms with E-state index >= 15 is 0 Å². The van der Waals surface area contributed by atoms with Crippen LogP contribution in [0, 0.1) is 0 Å². The normalized spacial score (nSPS) is 10.5. The van der Waals surface area contributed by atoms with E-state index in [0.29, 0.717) is 17.9 Å². The van der Waals surface area contributed by atoms with Gasteiger partial charge in [-0.05, 0) is 6.42 Å². The molecule has 0 atom stereocenters. The minimum atomic E-state index is 0.0109. The van der Waals surface area contributed by atoms with E-state index in [-0.39, 0.29) is 5.91 Å². The van der Waals surface area contributed by atoms with Crippen LogP contribution in [-0.2, 0) is 11.8 Å². The molecule has 0 aromatic carbocycles. The van der Waals surface area contributed by atoms with Gasteiger partial charge in [-0.2, -0.15) is 5.10 Å². The van der Waals surface area contributed by atoms with Gasteiger partial charge in [-0.1, -0.05) is 32.6 Å². The molecule has 0 saturated carbocycles. The molecule has 1 amide bonds. The van der Waals surface area contributed by atoms with E-state index in [0.717, 1.165) is 12.8 Å². The van der Waals surface area contributed by atoms with Crippen LogP contribution in [0.25, 0.3) is 0 Å². The molecule has 0 aliphatic carbocycles. The van der Waals surface area contributed by atoms with Gasteiger partial charge in [-0.15, -0.1) is 0 Å². The number of nitrogens with one attached hydrogen (secondary N) is 1. The molecule has 1 aromatic rings. The number of rotatable bonds is 7. The molecule has 0 saturated heterocycles. The minimum absolute atomic E-state index is 0.0109. The molecule has 5 heteroatoms. The lowest BCUT2D eigenvalue weighted by Crippen LogP contribution is -2.15. The van der Waals surface area contributed by atoms with Crippen LogP contribution in [0.3, 0.4) is 0 Å². The first kappa shape index (κ1) is 13.5. The van der Waals surface area contributed by atoms with E-state index in [9.17, 15) is 4.79 Å². The van der Waals surface area contributed by atoms with Gasteiger partial charge in [0.05, 0.1) is 11.9 Å². The molecule has 0 radical (unpaired) electrons. The maximum Gasteiger partial charge on any atom is 0.225 e. The summed E-state index contributed by atoms with van der Waals surface area (Å²) >= 11 is 0. The molecule has 0 unspecified atom stereocenters. The minimum Gasteiger partial charge on any atom is -0.394 e. The first-order valence-electron chi connectivity index (χ1n) is 6.22. The fraction of sp³-hybridized carbons (Fsp3) is 0.667. The quantitative estimate of drug-likeness (QED) is 0.716. The highest BCUT2D eigenvalue weighted by molar-refractivity contribution is 5.92. The van der Waals surface area contributed by atoms with Gasteiger partial charge in [0.25, 0.3) is 0 Å². The highest BCUT2D eigenvalue weighted by Gasteiger charge is 2.08. The molecular formula is C12H22N4O. The summed E-state index contributed by atoms with van der Waals surface area (Å²) in [5, 5.41) is 6.75. The van der Waals surface area contributed by atoms with Gasteiger partial charge in [0.15, 0.2) is 5.82 Å². The predicted molar refractivity (Wildman–Crippen MR) is 69.6 cm³/mol. The van der Waals surface area contributed by atoms with E-state index in [1.807, 2.05) is 0 Å². The van der Waals surface area contributed by atoms with E-state index in [4.69, 9.17) is 5.73 Å². The molecule has 5 nitrogen and oxygen atoms in total. The van der Waals surface area contributed by atoms with Crippen LogP contribution in [0.15, 0.2) is 6.20 Å². The zero-order chi connectivity index (χ0) is 12.7. The number of aryl methyl sites for hydroxylation is 1. The average molecular weight is 238 g/mol. The van der Waals surface area contributed by atoms with Crippen molar-refractivity contribution in [3.8, 4) is 0 Å². The van der Waals surface area contributed by atoms with Gasteiger partial charge in [0, 0.05) is 13.5 Å². The largest absolute Gasteiger partial charge is 0.394 e. The zero-order valence-electron chi connectivity index (χ0n) is 10.7. The summed E-state index contributed by atoms with van der Waals surface area (Å²) < 4.78 is 1.57. The zero-order valence-corrected chi connectivity index (χ0v) is 10.7. The van der Waals surface area contributed by atoms with Gasteiger partial charge in [0.2, 0.25) is 5.91 Å². The highest BCUT2D eigenvalue weighted by Crippen LogP contribution is 2.16. The number of carbonyl (C=O) groups is 1. The first-order chi connectivity index (χ1) is 8.15. The molecular weight excluding hydrogens is 216 g/mol. The van der Waals surface area contributed by atoms with Gasteiger partial charge in [-0.3, -0.25) is 9.48 Å². The Morgan fingerprint density at radius 3 is 2.71 bits per heavy atom. The van der Waals surface area contributed by atoms with Gasteiger partial charge in [-0.25, -0.2) is 0 Å². The fourth-order valence-corrected chi connectivity index (χ4v) is 1.69. The fourth-order valence-electron chi connectivity index (χ4n) is 1.69. The summed E-state index contributed by atoms with van der Waals surface area (Å²) in [6.07, 6.45) is 7.81. The summed E-state index contributed by atoms with van der Waals surface area (Å²) in [7, 11) is 1.76. The van der Waals surface area contributed by atoms with Gasteiger partial charge < -0.3 is 11.1 Å². The molecule has 96 valence electrons. The molecule has 0 bridgehead atoms. The number of nitrogens with two attached hydrogens (primary N) is 1. The van der Waals surface area contributed by atoms with Crippen LogP contribution >= 0.6 is 0 Å². The van der Waals surface area contributed by atoms with Crippen LogP contribution in [0.5, 0.6) is 0 Å². The third kappa shape index (κ3) is 4.46. The average Bonchev–Trinajstić information content (AvgIpc) is 2.60. The Balaban J connectivity index is 2.26. The van der Waals surface area contributed by atoms with Gasteiger partial charge in [0.1, 0.15) is 0 Å². The molecule has 17 heavy (non-hydrogen) atoms. The Hall–Kier alpha value is -1.52. The third-order valence-electron chi connectivity index (χ3n) is 2.73. The number of hydrogen-bond acceptors (Lipinski definition) is 3. The van der Waals surface area contributed by atoms with Crippen LogP contribution in [-0.4, -0.2) is 15.7 Å². The number of nitrogen functional groups attached to an aromatic ring is 1. The maximum absolute atomic E-state index is 11.6. The number of nitrogens with zero attached hydrogens (tertiary/aromatic N) is 2. The summed E-state index contributed by atoms with van der Waals surface area (Å²) in [5.74, 6) is 0.598. The summed E-state index contributed by atoms with van der Waals surface area (Å²) in [6.45, 7) is 2.18. The maximum atomic E-state index is 11.6. The van der Waals surface area contributed by atoms with Crippen molar-refractivity contribution in [3.05, 3.63) is 6.20 Å². The highest BCUT2D eigenvalue weighted by atomic mass is 16.1. The molecule has 0 aliphatic heterocycles. The molecule has 1 aromatic heterocycles. The van der Waals surface area contributed by atoms with Crippen LogP contribution in [0.2, 0.25) is 0 Å². The van der Waals surface area contributed by atoms with Crippen LogP contribution < -0.4 is 11.1 Å². The number of hydrogen-bond donors (Lipinski definition) is 2. The van der Waals surface area contributed by atoms with E-state index in [1.54, 1.807) is 11.7 Å². The summed E-state index contributed by atoms with van der Waals surface area (Å²) in [6, 6.07) is 0. The lowest BCUT2D eigenvalue weighted by atomic mass is 10.1. The number of anilines is 2. The van der Waals surface area contributed by atoms with Crippen molar-refractivity contribution in [2.24, 2.45) is 7.05 Å². The molecule has 3 N–H and O–H groups in total. The first-order valence-corrected chi connectivity index (χ1v) is 6.22. The molecule has 1 heterocycles. The standard InChI is InChI=1S/C12H22N4O/c1-3-4-5-6-7-8-11(17)15-12-10(13)9-14-16(12)2/h9H,3-8,13H2,1-2H3,(H,15,17). The lowest BCUT2D eigenvalue weighted by Gasteiger charge is -2.06. The second kappa shape index (κ2) is 6.93. The van der Waals surface area contributed by atoms with Crippen molar-refractivity contribution >= 4 is 17.4 Å². The Morgan fingerprint density at radius 2 is 2.12 bits per heavy atom. The number of aromatic nitrogens is 2. The third-order valence-corrected chi connectivity index (χ3v) is 2.73. The van der Waals surface area contributed by atoms with Crippen LogP contribution in [0.1, 0.15) is 45.4 Å². The van der Waals surface area contributed by atoms with E-state index < -0.39 is 0 Å². The second-order valence-corrected chi connectivity index (χ2v) is 4.28. The SMILES string of the molecule is CCCCCCCC(=O)Nc1c(N)cnn1C. The molecule has 1 rings (SSSR count). The summed E-state index contributed by atoms with van der Waals surface area (Å²) in [4.78, 5) is 11.6. The topological polar surface area (TPSA) is 72.9 Å². The van der Waals surface area contributed by atoms with Crippen molar-refractivity contribution in [3.63, 3.8) is 0 Å². The Morgan fingerprint density at radius 1 is 1.41 bits per heavy atom. The summed E-state index contributed by atoms with van der Waals surface area (Å²) in [5.41, 5.74) is 6.19. The van der Waals surface area contributed by atoms with Crippen molar-refractivity contribution < 1.29 is 4.79 Å². The van der Waals surface area contributed by atoms with Crippen molar-refractivity contribution in [1.82, 2.24) is 9.78 Å². The van der Waals surface area contributed by atoms with E-state index in [2.05, 4.69) is 17.3 Å². The predicted octanol–water partition coefficient (Wildman–Crippen LogP) is 2.30. The number of amides is 1. The Labute approximate surface area is 102 Å². The van der Waals surface area contributed by atoms with E-state index in [1.165, 1.54) is 25.5 Å². The smallest absolute Gasteiger partial charge is 0.225 e. The van der Waals surface area contributed by atoms with Crippen molar-refractivity contribution in [2.45, 2.75) is 45.4 Å². The molecule has 0 spiro atoms. The molecule has 0 aliphatic rings. The molecule has 0 fully saturated rings. The monoisotopic (exact) mass is 238 g/mol. The lowest BCUT2D eigenvalue weighted by molar-refractivity contribution is -0.116. The second-order valence-electron chi connectivity index (χ2n) is 4.28. The van der Waals surface area contributed by atoms with Gasteiger partial charge >= 0.3 is 0 Å². The van der Waals surface area contributed by atoms with Crippen LogP contribution in [0.4, 0.5) is 11.5 Å².